The fourth-order valence-electron chi connectivity index (χ4n) is 1.33. The van der Waals surface area contributed by atoms with E-state index in [1.807, 2.05) is 18.4 Å². The van der Waals surface area contributed by atoms with Crippen molar-refractivity contribution < 1.29 is 0 Å². The van der Waals surface area contributed by atoms with Gasteiger partial charge in [-0.3, -0.25) is 0 Å². The number of aryl methyl sites for hydroxylation is 1. The van der Waals surface area contributed by atoms with Gasteiger partial charge in [-0.05, 0) is 43.0 Å². The molecule has 0 spiro atoms. The number of rotatable bonds is 4. The van der Waals surface area contributed by atoms with Gasteiger partial charge in [-0.1, -0.05) is 19.4 Å². The molecule has 1 N–H and O–H groups in total. The molecule has 14 heavy (non-hydrogen) atoms. The maximum atomic E-state index is 3.22. The zero-order valence-corrected chi connectivity index (χ0v) is 10.2. The molecule has 78 valence electrons. The van der Waals surface area contributed by atoms with E-state index in [1.165, 1.54) is 16.0 Å². The summed E-state index contributed by atoms with van der Waals surface area (Å²) in [5.74, 6) is 0.615. The molecule has 0 aliphatic heterocycles. The molecule has 1 nitrogen and oxygen atoms in total. The van der Waals surface area contributed by atoms with Crippen LogP contribution in [0, 0.1) is 12.8 Å². The summed E-state index contributed by atoms with van der Waals surface area (Å²) in [5.41, 5.74) is 2.85. The minimum Gasteiger partial charge on any atom is -0.316 e. The highest BCUT2D eigenvalue weighted by molar-refractivity contribution is 7.11. The normalized spacial score (nSPS) is 12.5. The van der Waals surface area contributed by atoms with Gasteiger partial charge in [-0.15, -0.1) is 11.3 Å². The van der Waals surface area contributed by atoms with Gasteiger partial charge in [0.05, 0.1) is 0 Å². The van der Waals surface area contributed by atoms with Crippen LogP contribution in [0.15, 0.2) is 17.0 Å². The quantitative estimate of drug-likeness (QED) is 0.802. The molecule has 0 bridgehead atoms. The van der Waals surface area contributed by atoms with Crippen molar-refractivity contribution in [3.8, 4) is 0 Å². The number of thiophene rings is 1. The Morgan fingerprint density at radius 2 is 2.29 bits per heavy atom. The van der Waals surface area contributed by atoms with Gasteiger partial charge in [0.25, 0.3) is 0 Å². The number of nitrogens with one attached hydrogen (secondary N) is 1. The summed E-state index contributed by atoms with van der Waals surface area (Å²) in [4.78, 5) is 1.39. The molecule has 0 aliphatic rings. The van der Waals surface area contributed by atoms with E-state index in [0.29, 0.717) is 5.92 Å². The topological polar surface area (TPSA) is 12.0 Å². The molecule has 0 amide bonds. The van der Waals surface area contributed by atoms with E-state index >= 15 is 0 Å². The highest BCUT2D eigenvalue weighted by Crippen LogP contribution is 2.21. The fraction of sp³-hybridized carbons (Fsp3) is 0.500. The van der Waals surface area contributed by atoms with Crippen molar-refractivity contribution in [3.63, 3.8) is 0 Å². The Bertz CT molecular complexity index is 310. The van der Waals surface area contributed by atoms with Crippen LogP contribution in [0.5, 0.6) is 0 Å². The Morgan fingerprint density at radius 1 is 1.57 bits per heavy atom. The Morgan fingerprint density at radius 3 is 2.71 bits per heavy atom. The summed E-state index contributed by atoms with van der Waals surface area (Å²) in [5, 5.41) is 5.37. The first kappa shape index (κ1) is 11.5. The van der Waals surface area contributed by atoms with E-state index in [0.717, 1.165) is 6.54 Å². The lowest BCUT2D eigenvalue weighted by Gasteiger charge is -2.10. The van der Waals surface area contributed by atoms with Crippen molar-refractivity contribution in [2.75, 3.05) is 13.6 Å². The van der Waals surface area contributed by atoms with Gasteiger partial charge in [-0.2, -0.15) is 0 Å². The smallest absolute Gasteiger partial charge is 0.0299 e. The van der Waals surface area contributed by atoms with Crippen LogP contribution in [0.3, 0.4) is 0 Å². The molecule has 0 radical (unpaired) electrons. The van der Waals surface area contributed by atoms with Crippen LogP contribution >= 0.6 is 11.3 Å². The highest BCUT2D eigenvalue weighted by atomic mass is 32.1. The minimum atomic E-state index is 0.615. The lowest BCUT2D eigenvalue weighted by Crippen LogP contribution is -2.13. The van der Waals surface area contributed by atoms with Crippen molar-refractivity contribution >= 4 is 17.4 Å². The van der Waals surface area contributed by atoms with Crippen LogP contribution in [0.4, 0.5) is 0 Å². The fourth-order valence-corrected chi connectivity index (χ4v) is 2.22. The van der Waals surface area contributed by atoms with Crippen LogP contribution < -0.4 is 5.32 Å². The molecule has 0 atom stereocenters. The summed E-state index contributed by atoms with van der Waals surface area (Å²) in [6.07, 6.45) is 2.32. The number of hydrogen-bond donors (Lipinski definition) is 1. The summed E-state index contributed by atoms with van der Waals surface area (Å²) < 4.78 is 0. The molecule has 0 unspecified atom stereocenters. The Hall–Kier alpha value is -0.600. The molecule has 1 aromatic rings. The van der Waals surface area contributed by atoms with Crippen LogP contribution in [-0.2, 0) is 0 Å². The highest BCUT2D eigenvalue weighted by Gasteiger charge is 2.04. The lowest BCUT2D eigenvalue weighted by atomic mass is 10.0. The first-order valence-electron chi connectivity index (χ1n) is 5.04. The van der Waals surface area contributed by atoms with Gasteiger partial charge in [0.15, 0.2) is 0 Å². The predicted molar refractivity (Wildman–Crippen MR) is 65.8 cm³/mol. The molecule has 1 aromatic heterocycles. The maximum Gasteiger partial charge on any atom is 0.0299 e. The third-order valence-electron chi connectivity index (χ3n) is 2.34. The monoisotopic (exact) mass is 209 g/mol. The van der Waals surface area contributed by atoms with Gasteiger partial charge in [0, 0.05) is 11.4 Å². The van der Waals surface area contributed by atoms with E-state index in [1.54, 1.807) is 0 Å². The SMILES string of the molecule is CNCC(=Cc1sccc1C)C(C)C. The van der Waals surface area contributed by atoms with Crippen molar-refractivity contribution in [2.24, 2.45) is 5.92 Å². The van der Waals surface area contributed by atoms with Crippen molar-refractivity contribution in [3.05, 3.63) is 27.5 Å². The first-order valence-corrected chi connectivity index (χ1v) is 5.92. The summed E-state index contributed by atoms with van der Waals surface area (Å²) in [6.45, 7) is 7.63. The summed E-state index contributed by atoms with van der Waals surface area (Å²) >= 11 is 1.82. The number of likely N-dealkylation sites (N-methyl/N-ethyl adjacent to an activating group) is 1. The maximum absolute atomic E-state index is 3.22. The zero-order valence-electron chi connectivity index (χ0n) is 9.42. The lowest BCUT2D eigenvalue weighted by molar-refractivity contribution is 0.713. The largest absolute Gasteiger partial charge is 0.316 e. The van der Waals surface area contributed by atoms with Crippen LogP contribution in [0.25, 0.3) is 6.08 Å². The van der Waals surface area contributed by atoms with Gasteiger partial charge in [-0.25, -0.2) is 0 Å². The summed E-state index contributed by atoms with van der Waals surface area (Å²) in [7, 11) is 2.00. The molecular formula is C12H19NS. The third kappa shape index (κ3) is 2.96. The van der Waals surface area contributed by atoms with Crippen molar-refractivity contribution in [2.45, 2.75) is 20.8 Å². The van der Waals surface area contributed by atoms with E-state index in [4.69, 9.17) is 0 Å². The van der Waals surface area contributed by atoms with E-state index < -0.39 is 0 Å². The molecule has 2 heteroatoms. The van der Waals surface area contributed by atoms with Gasteiger partial charge < -0.3 is 5.32 Å². The van der Waals surface area contributed by atoms with Crippen LogP contribution in [0.1, 0.15) is 24.3 Å². The van der Waals surface area contributed by atoms with E-state index in [2.05, 4.69) is 43.6 Å². The van der Waals surface area contributed by atoms with Gasteiger partial charge in [0.2, 0.25) is 0 Å². The zero-order chi connectivity index (χ0) is 10.6. The van der Waals surface area contributed by atoms with Gasteiger partial charge in [0.1, 0.15) is 0 Å². The van der Waals surface area contributed by atoms with E-state index in [-0.39, 0.29) is 0 Å². The second kappa shape index (κ2) is 5.32. The summed E-state index contributed by atoms with van der Waals surface area (Å²) in [6, 6.07) is 2.17. The standard InChI is InChI=1S/C12H19NS/c1-9(2)11(8-13-4)7-12-10(3)5-6-14-12/h5-7,9,13H,8H2,1-4H3. The molecule has 0 saturated carbocycles. The third-order valence-corrected chi connectivity index (χ3v) is 3.31. The van der Waals surface area contributed by atoms with E-state index in [9.17, 15) is 0 Å². The molecule has 0 aliphatic carbocycles. The average molecular weight is 209 g/mol. The van der Waals surface area contributed by atoms with Crippen molar-refractivity contribution in [1.29, 1.82) is 0 Å². The molecular weight excluding hydrogens is 190 g/mol. The second-order valence-electron chi connectivity index (χ2n) is 3.87. The molecule has 0 fully saturated rings. The molecule has 0 saturated heterocycles. The van der Waals surface area contributed by atoms with Crippen LogP contribution in [0.2, 0.25) is 0 Å². The molecule has 0 aromatic carbocycles. The number of hydrogen-bond acceptors (Lipinski definition) is 2. The molecule has 1 rings (SSSR count). The molecule has 1 heterocycles. The second-order valence-corrected chi connectivity index (χ2v) is 4.82. The Balaban J connectivity index is 2.87. The van der Waals surface area contributed by atoms with Gasteiger partial charge >= 0.3 is 0 Å². The van der Waals surface area contributed by atoms with Crippen molar-refractivity contribution in [1.82, 2.24) is 5.32 Å². The Kier molecular flexibility index (Phi) is 4.36. The van der Waals surface area contributed by atoms with Crippen LogP contribution in [-0.4, -0.2) is 13.6 Å². The predicted octanol–water partition coefficient (Wildman–Crippen LogP) is 3.32. The Labute approximate surface area is 90.9 Å². The average Bonchev–Trinajstić information content (AvgIpc) is 2.51. The minimum absolute atomic E-state index is 0.615. The first-order chi connectivity index (χ1) is 6.65.